The monoisotopic (exact) mass is 470 g/mol. The molecule has 1 N–H and O–H groups in total. The lowest BCUT2D eigenvalue weighted by molar-refractivity contribution is -0.107. The summed E-state index contributed by atoms with van der Waals surface area (Å²) in [5.41, 5.74) is 1.05. The van der Waals surface area contributed by atoms with Crippen molar-refractivity contribution in [3.8, 4) is 0 Å². The molecule has 1 amide bonds. The minimum atomic E-state index is -0.672. The molecular weight excluding hydrogens is 442 g/mol. The Labute approximate surface area is 189 Å². The number of anilines is 3. The highest BCUT2D eigenvalue weighted by molar-refractivity contribution is 7.97. The molecule has 1 heterocycles. The fourth-order valence-corrected chi connectivity index (χ4v) is 4.55. The third-order valence-electron chi connectivity index (χ3n) is 5.10. The minimum Gasteiger partial charge on any atom is -0.318 e. The molecule has 0 bridgehead atoms. The van der Waals surface area contributed by atoms with Gasteiger partial charge in [-0.1, -0.05) is 11.3 Å². The second-order valence-corrected chi connectivity index (χ2v) is 9.82. The average molecular weight is 471 g/mol. The van der Waals surface area contributed by atoms with E-state index < -0.39 is 18.9 Å². The van der Waals surface area contributed by atoms with Crippen molar-refractivity contribution in [2.45, 2.75) is 36.4 Å². The Bertz CT molecular complexity index is 877. The molecule has 0 aliphatic heterocycles. The van der Waals surface area contributed by atoms with E-state index in [4.69, 9.17) is 0 Å². The number of carbonyl (C=O) groups excluding carboxylic acids is 1. The number of carbonyl (C=O) groups is 1. The number of nitrogens with zero attached hydrogens (tertiary/aromatic N) is 5. The molecule has 1 aliphatic carbocycles. The first-order chi connectivity index (χ1) is 14.9. The van der Waals surface area contributed by atoms with Gasteiger partial charge in [0.15, 0.2) is 0 Å². The van der Waals surface area contributed by atoms with E-state index in [1.807, 2.05) is 39.3 Å². The molecule has 1 saturated carbocycles. The Hall–Kier alpha value is -1.82. The molecule has 1 aromatic heterocycles. The Morgan fingerprint density at radius 2 is 1.97 bits per heavy atom. The lowest BCUT2D eigenvalue weighted by Gasteiger charge is -2.26. The van der Waals surface area contributed by atoms with Gasteiger partial charge in [0.25, 0.3) is 0 Å². The Balaban J connectivity index is 1.87. The van der Waals surface area contributed by atoms with Crippen molar-refractivity contribution in [3.05, 3.63) is 23.2 Å². The third-order valence-corrected chi connectivity index (χ3v) is 7.09. The van der Waals surface area contributed by atoms with Crippen LogP contribution in [0.5, 0.6) is 0 Å². The normalized spacial score (nSPS) is 14.6. The number of hydrogen-bond donors (Lipinski definition) is 1. The maximum atomic E-state index is 13.2. The van der Waals surface area contributed by atoms with Gasteiger partial charge in [-0.05, 0) is 70.0 Å². The lowest BCUT2D eigenvalue weighted by Crippen LogP contribution is -2.28. The number of aromatic nitrogens is 2. The number of alkyl halides is 2. The minimum absolute atomic E-state index is 0.299. The predicted molar refractivity (Wildman–Crippen MR) is 123 cm³/mol. The van der Waals surface area contributed by atoms with E-state index in [2.05, 4.69) is 19.8 Å². The molecule has 0 atom stereocenters. The van der Waals surface area contributed by atoms with Gasteiger partial charge in [0.1, 0.15) is 18.4 Å². The Kier molecular flexibility index (Phi) is 8.20. The quantitative estimate of drug-likeness (QED) is 0.353. The van der Waals surface area contributed by atoms with Crippen LogP contribution < -0.4 is 14.5 Å². The number of amides is 1. The van der Waals surface area contributed by atoms with Gasteiger partial charge in [-0.15, -0.1) is 10.2 Å². The van der Waals surface area contributed by atoms with Gasteiger partial charge in [-0.25, -0.2) is 8.78 Å². The molecule has 1 aliphatic rings. The van der Waals surface area contributed by atoms with E-state index in [-0.39, 0.29) is 0 Å². The van der Waals surface area contributed by atoms with Gasteiger partial charge < -0.3 is 14.7 Å². The zero-order chi connectivity index (χ0) is 22.4. The van der Waals surface area contributed by atoms with Crippen molar-refractivity contribution in [1.29, 1.82) is 0 Å². The molecule has 11 heteroatoms. The van der Waals surface area contributed by atoms with Crippen LogP contribution in [-0.2, 0) is 11.5 Å². The molecular formula is C20H28F2N6OS2. The van der Waals surface area contributed by atoms with Crippen molar-refractivity contribution in [2.75, 3.05) is 50.7 Å². The van der Waals surface area contributed by atoms with Crippen molar-refractivity contribution in [3.63, 3.8) is 0 Å². The van der Waals surface area contributed by atoms with Gasteiger partial charge in [-0.3, -0.25) is 9.52 Å². The summed E-state index contributed by atoms with van der Waals surface area (Å²) in [4.78, 5) is 18.3. The second-order valence-electron chi connectivity index (χ2n) is 7.90. The van der Waals surface area contributed by atoms with Crippen LogP contribution in [0.3, 0.4) is 0 Å². The highest BCUT2D eigenvalue weighted by Gasteiger charge is 2.42. The maximum Gasteiger partial charge on any atom is 0.214 e. The second kappa shape index (κ2) is 10.7. The standard InChI is InChI=1S/C20H28F2N6OS2/c1-26(2)9-4-10-28(14-29)16-6-5-15(31-25-20(13-22)7-8-20)11-17(16)27(3)19-24-23-18(12-21)30-19/h5-6,11,14,25H,4,7-10,12-13H2,1-3H3. The predicted octanol–water partition coefficient (Wildman–Crippen LogP) is 3.79. The summed E-state index contributed by atoms with van der Waals surface area (Å²) >= 11 is 2.54. The summed E-state index contributed by atoms with van der Waals surface area (Å²) in [5.74, 6) is 0. The summed E-state index contributed by atoms with van der Waals surface area (Å²) in [7, 11) is 5.80. The van der Waals surface area contributed by atoms with Crippen LogP contribution in [0.2, 0.25) is 0 Å². The number of benzene rings is 1. The number of rotatable bonds is 13. The van der Waals surface area contributed by atoms with Crippen LogP contribution in [0.1, 0.15) is 24.3 Å². The van der Waals surface area contributed by atoms with Gasteiger partial charge in [0, 0.05) is 18.5 Å². The summed E-state index contributed by atoms with van der Waals surface area (Å²) in [6.07, 6.45) is 3.28. The van der Waals surface area contributed by atoms with Crippen LogP contribution in [0.25, 0.3) is 0 Å². The van der Waals surface area contributed by atoms with E-state index in [1.165, 1.54) is 23.3 Å². The molecule has 7 nitrogen and oxygen atoms in total. The van der Waals surface area contributed by atoms with E-state index >= 15 is 0 Å². The molecule has 1 fully saturated rings. The Morgan fingerprint density at radius 3 is 2.55 bits per heavy atom. The zero-order valence-corrected chi connectivity index (χ0v) is 19.6. The van der Waals surface area contributed by atoms with E-state index in [1.54, 1.807) is 9.80 Å². The first-order valence-corrected chi connectivity index (χ1v) is 11.7. The summed E-state index contributed by atoms with van der Waals surface area (Å²) in [5, 5.41) is 8.77. The van der Waals surface area contributed by atoms with Crippen molar-refractivity contribution in [1.82, 2.24) is 19.8 Å². The number of nitrogens with one attached hydrogen (secondary N) is 1. The fourth-order valence-electron chi connectivity index (χ4n) is 2.98. The summed E-state index contributed by atoms with van der Waals surface area (Å²) in [6.45, 7) is 0.347. The first kappa shape index (κ1) is 23.8. The number of halogens is 2. The van der Waals surface area contributed by atoms with Crippen LogP contribution in [0.15, 0.2) is 23.1 Å². The van der Waals surface area contributed by atoms with Gasteiger partial charge in [-0.2, -0.15) is 0 Å². The fraction of sp³-hybridized carbons (Fsp3) is 0.550. The molecule has 0 unspecified atom stereocenters. The van der Waals surface area contributed by atoms with E-state index in [0.29, 0.717) is 16.7 Å². The molecule has 170 valence electrons. The largest absolute Gasteiger partial charge is 0.318 e. The van der Waals surface area contributed by atoms with Gasteiger partial charge >= 0.3 is 0 Å². The Morgan fingerprint density at radius 1 is 1.19 bits per heavy atom. The highest BCUT2D eigenvalue weighted by atomic mass is 32.2. The first-order valence-electron chi connectivity index (χ1n) is 10.0. The molecule has 1 aromatic carbocycles. The molecule has 0 spiro atoms. The third kappa shape index (κ3) is 6.12. The molecule has 31 heavy (non-hydrogen) atoms. The van der Waals surface area contributed by atoms with Crippen LogP contribution in [-0.4, -0.2) is 68.0 Å². The molecule has 2 aromatic rings. The number of hydrogen-bond acceptors (Lipinski definition) is 8. The van der Waals surface area contributed by atoms with Crippen molar-refractivity contribution >= 4 is 46.2 Å². The SMILES string of the molecule is CN(C)CCCN(C=O)c1ccc(SNC2(CF)CC2)cc1N(C)c1nnc(CF)s1. The zero-order valence-electron chi connectivity index (χ0n) is 18.0. The van der Waals surface area contributed by atoms with Gasteiger partial charge in [0.05, 0.1) is 16.9 Å². The maximum absolute atomic E-state index is 13.2. The smallest absolute Gasteiger partial charge is 0.214 e. The van der Waals surface area contributed by atoms with Crippen LogP contribution in [0.4, 0.5) is 25.3 Å². The average Bonchev–Trinajstić information content (AvgIpc) is 3.40. The van der Waals surface area contributed by atoms with Gasteiger partial charge in [0.2, 0.25) is 11.5 Å². The molecule has 3 rings (SSSR count). The summed E-state index contributed by atoms with van der Waals surface area (Å²) < 4.78 is 29.4. The lowest BCUT2D eigenvalue weighted by atomic mass is 10.2. The van der Waals surface area contributed by atoms with Crippen molar-refractivity contribution in [2.24, 2.45) is 0 Å². The van der Waals surface area contributed by atoms with Crippen LogP contribution >= 0.6 is 23.3 Å². The van der Waals surface area contributed by atoms with E-state index in [0.717, 1.165) is 48.5 Å². The van der Waals surface area contributed by atoms with Crippen LogP contribution in [0, 0.1) is 0 Å². The topological polar surface area (TPSA) is 64.6 Å². The van der Waals surface area contributed by atoms with Crippen molar-refractivity contribution < 1.29 is 13.6 Å². The molecule has 0 radical (unpaired) electrons. The summed E-state index contributed by atoms with van der Waals surface area (Å²) in [6, 6.07) is 5.72. The molecule has 0 saturated heterocycles. The highest BCUT2D eigenvalue weighted by Crippen LogP contribution is 2.41. The van der Waals surface area contributed by atoms with E-state index in [9.17, 15) is 13.6 Å².